The third-order valence-corrected chi connectivity index (χ3v) is 1.71. The highest BCUT2D eigenvalue weighted by Gasteiger charge is 2.07. The van der Waals surface area contributed by atoms with E-state index in [9.17, 15) is 4.79 Å². The molecule has 1 aromatic rings. The number of rotatable bonds is 0. The molecule has 1 rings (SSSR count). The van der Waals surface area contributed by atoms with Crippen molar-refractivity contribution in [1.29, 1.82) is 5.26 Å². The van der Waals surface area contributed by atoms with Crippen LogP contribution in [0.15, 0.2) is 10.9 Å². The van der Waals surface area contributed by atoms with Gasteiger partial charge in [-0.25, -0.2) is 0 Å². The second-order valence-electron chi connectivity index (χ2n) is 2.54. The molecule has 0 aliphatic rings. The zero-order valence-corrected chi connectivity index (χ0v) is 6.83. The van der Waals surface area contributed by atoms with E-state index in [0.29, 0.717) is 5.56 Å². The normalized spacial score (nSPS) is 9.42. The molecule has 4 nitrogen and oxygen atoms in total. The molecule has 0 aliphatic carbocycles. The molecule has 0 atom stereocenters. The maximum Gasteiger partial charge on any atom is 0.271 e. The number of nitrogens with zero attached hydrogens (tertiary/aromatic N) is 2. The van der Waals surface area contributed by atoms with Crippen molar-refractivity contribution in [2.24, 2.45) is 7.05 Å². The van der Waals surface area contributed by atoms with Crippen LogP contribution in [-0.4, -0.2) is 9.67 Å². The highest BCUT2D eigenvalue weighted by molar-refractivity contribution is 5.37. The van der Waals surface area contributed by atoms with E-state index < -0.39 is 5.56 Å². The van der Waals surface area contributed by atoms with E-state index >= 15 is 0 Å². The Kier molecular flexibility index (Phi) is 1.88. The fourth-order valence-electron chi connectivity index (χ4n) is 0.939. The highest BCUT2D eigenvalue weighted by atomic mass is 16.3. The number of pyridine rings is 1. The Bertz CT molecular complexity index is 412. The summed E-state index contributed by atoms with van der Waals surface area (Å²) in [5, 5.41) is 17.7. The van der Waals surface area contributed by atoms with Crippen molar-refractivity contribution >= 4 is 0 Å². The Labute approximate surface area is 69.3 Å². The molecule has 0 saturated carbocycles. The quantitative estimate of drug-likeness (QED) is 0.598. The SMILES string of the molecule is Cc1cc(O)n(C)c(=O)c1C#N. The summed E-state index contributed by atoms with van der Waals surface area (Å²) in [4.78, 5) is 11.2. The molecular formula is C8H8N2O2. The summed E-state index contributed by atoms with van der Waals surface area (Å²) < 4.78 is 1.03. The molecule has 0 aliphatic heterocycles. The minimum atomic E-state index is -0.463. The molecular weight excluding hydrogens is 156 g/mol. The van der Waals surface area contributed by atoms with Crippen LogP contribution in [-0.2, 0) is 7.05 Å². The molecule has 0 spiro atoms. The first-order valence-electron chi connectivity index (χ1n) is 3.37. The highest BCUT2D eigenvalue weighted by Crippen LogP contribution is 2.09. The molecule has 12 heavy (non-hydrogen) atoms. The van der Waals surface area contributed by atoms with Gasteiger partial charge < -0.3 is 5.11 Å². The van der Waals surface area contributed by atoms with Crippen molar-refractivity contribution in [3.63, 3.8) is 0 Å². The number of aryl methyl sites for hydroxylation is 1. The van der Waals surface area contributed by atoms with Gasteiger partial charge in [0.05, 0.1) is 0 Å². The van der Waals surface area contributed by atoms with E-state index in [1.807, 2.05) is 0 Å². The van der Waals surface area contributed by atoms with E-state index in [-0.39, 0.29) is 11.4 Å². The summed E-state index contributed by atoms with van der Waals surface area (Å²) in [6, 6.07) is 3.18. The molecule has 4 heteroatoms. The fourth-order valence-corrected chi connectivity index (χ4v) is 0.939. The topological polar surface area (TPSA) is 66.0 Å². The number of nitriles is 1. The van der Waals surface area contributed by atoms with Gasteiger partial charge in [-0.15, -0.1) is 0 Å². The molecule has 0 fully saturated rings. The van der Waals surface area contributed by atoms with Crippen LogP contribution >= 0.6 is 0 Å². The van der Waals surface area contributed by atoms with Gasteiger partial charge in [-0.3, -0.25) is 9.36 Å². The average molecular weight is 164 g/mol. The summed E-state index contributed by atoms with van der Waals surface area (Å²) in [5.41, 5.74) is 0.114. The van der Waals surface area contributed by atoms with Crippen LogP contribution in [0.1, 0.15) is 11.1 Å². The van der Waals surface area contributed by atoms with Gasteiger partial charge in [0.1, 0.15) is 11.6 Å². The minimum Gasteiger partial charge on any atom is -0.494 e. The van der Waals surface area contributed by atoms with Crippen molar-refractivity contribution in [1.82, 2.24) is 4.57 Å². The maximum absolute atomic E-state index is 11.2. The van der Waals surface area contributed by atoms with Gasteiger partial charge in [0.15, 0.2) is 5.88 Å². The Morgan fingerprint density at radius 3 is 2.75 bits per heavy atom. The number of hydrogen-bond donors (Lipinski definition) is 1. The van der Waals surface area contributed by atoms with Crippen LogP contribution < -0.4 is 5.56 Å². The molecule has 0 aromatic carbocycles. The first-order valence-corrected chi connectivity index (χ1v) is 3.37. The lowest BCUT2D eigenvalue weighted by Gasteiger charge is -2.03. The largest absolute Gasteiger partial charge is 0.494 e. The van der Waals surface area contributed by atoms with Crippen LogP contribution in [0.3, 0.4) is 0 Å². The average Bonchev–Trinajstić information content (AvgIpc) is 2.01. The Morgan fingerprint density at radius 2 is 2.25 bits per heavy atom. The third-order valence-electron chi connectivity index (χ3n) is 1.71. The lowest BCUT2D eigenvalue weighted by atomic mass is 10.2. The fraction of sp³-hybridized carbons (Fsp3) is 0.250. The molecule has 1 heterocycles. The van der Waals surface area contributed by atoms with Crippen molar-refractivity contribution in [2.45, 2.75) is 6.92 Å². The monoisotopic (exact) mass is 164 g/mol. The van der Waals surface area contributed by atoms with Crippen LogP contribution in [0.4, 0.5) is 0 Å². The first kappa shape index (κ1) is 8.34. The molecule has 0 saturated heterocycles. The molecule has 1 aromatic heterocycles. The molecule has 0 radical (unpaired) electrons. The standard InChI is InChI=1S/C8H8N2O2/c1-5-3-7(11)10(2)8(12)6(5)4-9/h3,11H,1-2H3. The van der Waals surface area contributed by atoms with Gasteiger partial charge in [0.25, 0.3) is 5.56 Å². The summed E-state index contributed by atoms with van der Waals surface area (Å²) in [6.07, 6.45) is 0. The third kappa shape index (κ3) is 1.05. The van der Waals surface area contributed by atoms with Crippen molar-refractivity contribution < 1.29 is 5.11 Å². The van der Waals surface area contributed by atoms with Gasteiger partial charge >= 0.3 is 0 Å². The Hall–Kier alpha value is -1.76. The predicted octanol–water partition coefficient (Wildman–Crippen LogP) is 0.271. The maximum atomic E-state index is 11.2. The number of hydrogen-bond acceptors (Lipinski definition) is 3. The number of aromatic nitrogens is 1. The predicted molar refractivity (Wildman–Crippen MR) is 42.8 cm³/mol. The molecule has 0 bridgehead atoms. The Balaban J connectivity index is 3.66. The number of aromatic hydroxyl groups is 1. The van der Waals surface area contributed by atoms with Crippen LogP contribution in [0.25, 0.3) is 0 Å². The van der Waals surface area contributed by atoms with Crippen LogP contribution in [0, 0.1) is 18.3 Å². The summed E-state index contributed by atoms with van der Waals surface area (Å²) in [6.45, 7) is 1.61. The summed E-state index contributed by atoms with van der Waals surface area (Å²) in [5.74, 6) is -0.128. The first-order chi connectivity index (χ1) is 5.57. The lowest BCUT2D eigenvalue weighted by molar-refractivity contribution is 0.422. The molecule has 62 valence electrons. The second-order valence-corrected chi connectivity index (χ2v) is 2.54. The van der Waals surface area contributed by atoms with Gasteiger partial charge in [-0.2, -0.15) is 5.26 Å². The van der Waals surface area contributed by atoms with E-state index in [4.69, 9.17) is 10.4 Å². The molecule has 0 unspecified atom stereocenters. The van der Waals surface area contributed by atoms with Crippen molar-refractivity contribution in [2.75, 3.05) is 0 Å². The van der Waals surface area contributed by atoms with Gasteiger partial charge in [-0.1, -0.05) is 0 Å². The van der Waals surface area contributed by atoms with Gasteiger partial charge in [0.2, 0.25) is 0 Å². The Morgan fingerprint density at radius 1 is 1.67 bits per heavy atom. The van der Waals surface area contributed by atoms with E-state index in [1.54, 1.807) is 13.0 Å². The van der Waals surface area contributed by atoms with Crippen molar-refractivity contribution in [3.05, 3.63) is 27.5 Å². The van der Waals surface area contributed by atoms with E-state index in [0.717, 1.165) is 4.57 Å². The second kappa shape index (κ2) is 2.70. The van der Waals surface area contributed by atoms with Crippen molar-refractivity contribution in [3.8, 4) is 11.9 Å². The van der Waals surface area contributed by atoms with E-state index in [1.165, 1.54) is 13.1 Å². The summed E-state index contributed by atoms with van der Waals surface area (Å²) in [7, 11) is 1.41. The van der Waals surface area contributed by atoms with Crippen LogP contribution in [0.5, 0.6) is 5.88 Å². The van der Waals surface area contributed by atoms with E-state index in [2.05, 4.69) is 0 Å². The minimum absolute atomic E-state index is 0.0790. The van der Waals surface area contributed by atoms with Crippen LogP contribution in [0.2, 0.25) is 0 Å². The molecule has 0 amide bonds. The molecule has 1 N–H and O–H groups in total. The zero-order chi connectivity index (χ0) is 9.30. The van der Waals surface area contributed by atoms with Gasteiger partial charge in [0, 0.05) is 13.1 Å². The smallest absolute Gasteiger partial charge is 0.271 e. The zero-order valence-electron chi connectivity index (χ0n) is 6.83. The lowest BCUT2D eigenvalue weighted by Crippen LogP contribution is -2.20. The van der Waals surface area contributed by atoms with Gasteiger partial charge in [-0.05, 0) is 12.5 Å². The summed E-state index contributed by atoms with van der Waals surface area (Å²) >= 11 is 0.